The van der Waals surface area contributed by atoms with Crippen LogP contribution in [-0.2, 0) is 14.8 Å². The van der Waals surface area contributed by atoms with E-state index in [1.165, 1.54) is 15.6 Å². The van der Waals surface area contributed by atoms with E-state index in [1.807, 2.05) is 20.0 Å². The maximum Gasteiger partial charge on any atom is 0.322 e. The topological polar surface area (TPSA) is 123 Å². The molecular weight excluding hydrogens is 428 g/mol. The third-order valence-electron chi connectivity index (χ3n) is 4.86. The fraction of sp³-hybridized carbons (Fsp3) is 0.444. The van der Waals surface area contributed by atoms with Gasteiger partial charge in [0.1, 0.15) is 9.90 Å². The molecule has 3 aromatic rings. The first kappa shape index (κ1) is 20.7. The van der Waals surface area contributed by atoms with Gasteiger partial charge < -0.3 is 4.42 Å². The number of amides is 1. The molecule has 0 saturated carbocycles. The molecule has 30 heavy (non-hydrogen) atoms. The van der Waals surface area contributed by atoms with E-state index < -0.39 is 15.9 Å². The third-order valence-corrected chi connectivity index (χ3v) is 8.09. The molecule has 4 rings (SSSR count). The zero-order chi connectivity index (χ0) is 21.3. The highest BCUT2D eigenvalue weighted by atomic mass is 32.2. The molecule has 0 aromatic carbocycles. The summed E-state index contributed by atoms with van der Waals surface area (Å²) in [4.78, 5) is 12.7. The second kappa shape index (κ2) is 8.28. The minimum Gasteiger partial charge on any atom is -0.401 e. The SMILES string of the molecule is CC(C)n1ccc(-c2nnc(NC(=O)C3CCCN(S(=O)(=O)c4cccs4)C3)o2)n1. The molecule has 0 spiro atoms. The maximum absolute atomic E-state index is 12.7. The monoisotopic (exact) mass is 450 g/mol. The Bertz CT molecular complexity index is 1120. The first-order valence-electron chi connectivity index (χ1n) is 9.58. The summed E-state index contributed by atoms with van der Waals surface area (Å²) < 4.78 is 34.4. The lowest BCUT2D eigenvalue weighted by molar-refractivity contribution is -0.121. The van der Waals surface area contributed by atoms with Gasteiger partial charge in [-0.25, -0.2) is 8.42 Å². The summed E-state index contributed by atoms with van der Waals surface area (Å²) in [7, 11) is -3.58. The molecule has 10 nitrogen and oxygen atoms in total. The first-order chi connectivity index (χ1) is 14.3. The molecule has 12 heteroatoms. The van der Waals surface area contributed by atoms with Gasteiger partial charge in [0.15, 0.2) is 0 Å². The lowest BCUT2D eigenvalue weighted by Crippen LogP contribution is -2.43. The number of piperidine rings is 1. The molecule has 3 aromatic heterocycles. The van der Waals surface area contributed by atoms with Crippen molar-refractivity contribution in [2.45, 2.75) is 36.9 Å². The second-order valence-electron chi connectivity index (χ2n) is 7.31. The summed E-state index contributed by atoms with van der Waals surface area (Å²) in [6.45, 7) is 4.52. The summed E-state index contributed by atoms with van der Waals surface area (Å²) in [6, 6.07) is 5.19. The van der Waals surface area contributed by atoms with E-state index in [-0.39, 0.29) is 34.6 Å². The predicted octanol–water partition coefficient (Wildman–Crippen LogP) is 2.61. The molecule has 1 atom stereocenters. The molecule has 1 aliphatic heterocycles. The minimum absolute atomic E-state index is 0.0349. The zero-order valence-electron chi connectivity index (χ0n) is 16.6. The summed E-state index contributed by atoms with van der Waals surface area (Å²) in [5.41, 5.74) is 0.516. The van der Waals surface area contributed by atoms with E-state index in [0.29, 0.717) is 25.1 Å². The Morgan fingerprint density at radius 2 is 2.17 bits per heavy atom. The van der Waals surface area contributed by atoms with E-state index >= 15 is 0 Å². The van der Waals surface area contributed by atoms with Crippen molar-refractivity contribution in [3.05, 3.63) is 29.8 Å². The van der Waals surface area contributed by atoms with Gasteiger partial charge in [0.05, 0.1) is 5.92 Å². The van der Waals surface area contributed by atoms with Crippen LogP contribution in [0.5, 0.6) is 0 Å². The number of aromatic nitrogens is 4. The van der Waals surface area contributed by atoms with Crippen molar-refractivity contribution in [3.8, 4) is 11.6 Å². The van der Waals surface area contributed by atoms with Gasteiger partial charge in [0.25, 0.3) is 15.9 Å². The van der Waals surface area contributed by atoms with Crippen LogP contribution in [-0.4, -0.2) is 51.7 Å². The van der Waals surface area contributed by atoms with Gasteiger partial charge in [-0.05, 0) is 44.2 Å². The standard InChI is InChI=1S/C18H22N6O4S2/c1-12(2)24-9-7-14(22-24)17-20-21-18(28-17)19-16(25)13-5-3-8-23(11-13)30(26,27)15-6-4-10-29-15/h4,6-7,9-10,12-13H,3,5,8,11H2,1-2H3,(H,19,21,25). The van der Waals surface area contributed by atoms with Gasteiger partial charge in [-0.15, -0.1) is 16.4 Å². The normalized spacial score (nSPS) is 18.0. The van der Waals surface area contributed by atoms with Gasteiger partial charge in [-0.2, -0.15) is 9.40 Å². The van der Waals surface area contributed by atoms with Crippen LogP contribution in [0.25, 0.3) is 11.6 Å². The molecule has 1 unspecified atom stereocenters. The predicted molar refractivity (Wildman–Crippen MR) is 110 cm³/mol. The molecule has 1 aliphatic rings. The highest BCUT2D eigenvalue weighted by molar-refractivity contribution is 7.91. The van der Waals surface area contributed by atoms with E-state index in [2.05, 4.69) is 20.6 Å². The summed E-state index contributed by atoms with van der Waals surface area (Å²) in [6.07, 6.45) is 3.00. The third kappa shape index (κ3) is 4.16. The highest BCUT2D eigenvalue weighted by Gasteiger charge is 2.34. The fourth-order valence-corrected chi connectivity index (χ4v) is 5.91. The molecule has 160 valence electrons. The number of carbonyl (C=O) groups excluding carboxylic acids is 1. The molecule has 1 fully saturated rings. The molecule has 4 heterocycles. The fourth-order valence-electron chi connectivity index (χ4n) is 3.24. The number of hydrogen-bond donors (Lipinski definition) is 1. The van der Waals surface area contributed by atoms with Crippen molar-refractivity contribution in [1.29, 1.82) is 0 Å². The number of carbonyl (C=O) groups is 1. The van der Waals surface area contributed by atoms with Gasteiger partial charge >= 0.3 is 6.01 Å². The van der Waals surface area contributed by atoms with Gasteiger partial charge in [0, 0.05) is 25.3 Å². The van der Waals surface area contributed by atoms with Crippen molar-refractivity contribution >= 4 is 33.3 Å². The Morgan fingerprint density at radius 1 is 1.33 bits per heavy atom. The van der Waals surface area contributed by atoms with Crippen molar-refractivity contribution in [2.24, 2.45) is 5.92 Å². The summed E-state index contributed by atoms with van der Waals surface area (Å²) in [5.74, 6) is -0.636. The highest BCUT2D eigenvalue weighted by Crippen LogP contribution is 2.27. The number of rotatable bonds is 6. The number of nitrogens with one attached hydrogen (secondary N) is 1. The van der Waals surface area contributed by atoms with Crippen LogP contribution in [0.2, 0.25) is 0 Å². The average molecular weight is 451 g/mol. The van der Waals surface area contributed by atoms with Crippen LogP contribution < -0.4 is 5.32 Å². The molecule has 0 aliphatic carbocycles. The summed E-state index contributed by atoms with van der Waals surface area (Å²) in [5, 5.41) is 16.5. The van der Waals surface area contributed by atoms with Crippen LogP contribution >= 0.6 is 11.3 Å². The molecule has 0 bridgehead atoms. The zero-order valence-corrected chi connectivity index (χ0v) is 18.2. The molecule has 1 amide bonds. The van der Waals surface area contributed by atoms with Gasteiger partial charge in [-0.3, -0.25) is 14.8 Å². The molecule has 1 N–H and O–H groups in total. The first-order valence-corrected chi connectivity index (χ1v) is 11.9. The lowest BCUT2D eigenvalue weighted by Gasteiger charge is -2.30. The van der Waals surface area contributed by atoms with Crippen LogP contribution in [0.1, 0.15) is 32.7 Å². The number of anilines is 1. The number of thiophene rings is 1. The Labute approximate surface area is 178 Å². The quantitative estimate of drug-likeness (QED) is 0.612. The Kier molecular flexibility index (Phi) is 5.71. The smallest absolute Gasteiger partial charge is 0.322 e. The minimum atomic E-state index is -3.58. The van der Waals surface area contributed by atoms with Crippen molar-refractivity contribution in [1.82, 2.24) is 24.3 Å². The largest absolute Gasteiger partial charge is 0.401 e. The second-order valence-corrected chi connectivity index (χ2v) is 10.4. The molecule has 0 radical (unpaired) electrons. The number of hydrogen-bond acceptors (Lipinski definition) is 8. The Morgan fingerprint density at radius 3 is 2.87 bits per heavy atom. The average Bonchev–Trinajstić information content (AvgIpc) is 3.48. The van der Waals surface area contributed by atoms with Crippen LogP contribution in [0.4, 0.5) is 6.01 Å². The van der Waals surface area contributed by atoms with Crippen LogP contribution in [0, 0.1) is 5.92 Å². The van der Waals surface area contributed by atoms with E-state index in [9.17, 15) is 13.2 Å². The maximum atomic E-state index is 12.7. The van der Waals surface area contributed by atoms with E-state index in [4.69, 9.17) is 4.42 Å². The number of nitrogens with zero attached hydrogens (tertiary/aromatic N) is 5. The van der Waals surface area contributed by atoms with Crippen molar-refractivity contribution < 1.29 is 17.6 Å². The Hall–Kier alpha value is -2.57. The molecule has 1 saturated heterocycles. The number of sulfonamides is 1. The van der Waals surface area contributed by atoms with Crippen molar-refractivity contribution in [2.75, 3.05) is 18.4 Å². The lowest BCUT2D eigenvalue weighted by atomic mass is 9.99. The van der Waals surface area contributed by atoms with Gasteiger partial charge in [0.2, 0.25) is 5.91 Å². The van der Waals surface area contributed by atoms with Crippen molar-refractivity contribution in [3.63, 3.8) is 0 Å². The summed E-state index contributed by atoms with van der Waals surface area (Å²) >= 11 is 1.17. The van der Waals surface area contributed by atoms with Crippen LogP contribution in [0.15, 0.2) is 38.4 Å². The Balaban J connectivity index is 1.42. The van der Waals surface area contributed by atoms with E-state index in [0.717, 1.165) is 0 Å². The van der Waals surface area contributed by atoms with E-state index in [1.54, 1.807) is 28.3 Å². The molecular formula is C18H22N6O4S2. The van der Waals surface area contributed by atoms with Crippen LogP contribution in [0.3, 0.4) is 0 Å². The van der Waals surface area contributed by atoms with Gasteiger partial charge in [-0.1, -0.05) is 11.2 Å².